The van der Waals surface area contributed by atoms with Crippen LogP contribution in [0.25, 0.3) is 0 Å². The maximum Gasteiger partial charge on any atom is 0.279 e. The fraction of sp³-hybridized carbons (Fsp3) is 1.00. The van der Waals surface area contributed by atoms with Gasteiger partial charge in [-0.2, -0.15) is 12.7 Å². The van der Waals surface area contributed by atoms with Crippen molar-refractivity contribution in [2.24, 2.45) is 0 Å². The van der Waals surface area contributed by atoms with Gasteiger partial charge in [0, 0.05) is 25.2 Å². The summed E-state index contributed by atoms with van der Waals surface area (Å²) < 4.78 is 29.0. The van der Waals surface area contributed by atoms with Crippen LogP contribution < -0.4 is 4.72 Å². The number of nitrogens with zero attached hydrogens (tertiary/aromatic N) is 2. The van der Waals surface area contributed by atoms with Crippen molar-refractivity contribution >= 4 is 10.2 Å². The molecule has 0 aromatic rings. The summed E-state index contributed by atoms with van der Waals surface area (Å²) in [6.07, 6.45) is 6.86. The highest BCUT2D eigenvalue weighted by Gasteiger charge is 2.31. The van der Waals surface area contributed by atoms with Crippen LogP contribution in [0.4, 0.5) is 0 Å². The lowest BCUT2D eigenvalue weighted by molar-refractivity contribution is 0.0985. The van der Waals surface area contributed by atoms with Crippen LogP contribution in [0.5, 0.6) is 0 Å². The minimum Gasteiger partial charge on any atom is -0.297 e. The Hall–Kier alpha value is -0.170. The van der Waals surface area contributed by atoms with Gasteiger partial charge >= 0.3 is 0 Å². The van der Waals surface area contributed by atoms with Crippen molar-refractivity contribution in [3.05, 3.63) is 0 Å². The van der Waals surface area contributed by atoms with Gasteiger partial charge in [0.2, 0.25) is 0 Å². The molecule has 0 bridgehead atoms. The van der Waals surface area contributed by atoms with Crippen molar-refractivity contribution in [1.82, 2.24) is 13.9 Å². The molecule has 0 aromatic carbocycles. The van der Waals surface area contributed by atoms with E-state index in [0.29, 0.717) is 19.6 Å². The number of hydrogen-bond donors (Lipinski definition) is 1. The van der Waals surface area contributed by atoms with Crippen molar-refractivity contribution in [3.8, 4) is 0 Å². The fourth-order valence-electron chi connectivity index (χ4n) is 3.08. The number of piperidine rings is 2. The van der Waals surface area contributed by atoms with Gasteiger partial charge in [0.15, 0.2) is 0 Å². The maximum atomic E-state index is 12.3. The summed E-state index contributed by atoms with van der Waals surface area (Å²) in [4.78, 5) is 2.41. The van der Waals surface area contributed by atoms with Gasteiger partial charge in [0.1, 0.15) is 0 Å². The fourth-order valence-corrected chi connectivity index (χ4v) is 4.53. The zero-order chi connectivity index (χ0) is 14.6. The molecule has 2 saturated heterocycles. The van der Waals surface area contributed by atoms with Crippen LogP contribution in [-0.2, 0) is 10.2 Å². The largest absolute Gasteiger partial charge is 0.297 e. The van der Waals surface area contributed by atoms with E-state index in [-0.39, 0.29) is 5.54 Å². The molecule has 2 heterocycles. The first-order valence-electron chi connectivity index (χ1n) is 7.92. The third kappa shape index (κ3) is 4.16. The average Bonchev–Trinajstić information content (AvgIpc) is 2.47. The molecular formula is C14H29N3O2S. The van der Waals surface area contributed by atoms with Crippen LogP contribution in [0, 0.1) is 0 Å². The van der Waals surface area contributed by atoms with Gasteiger partial charge in [-0.25, -0.2) is 4.72 Å². The van der Waals surface area contributed by atoms with Gasteiger partial charge in [0.05, 0.1) is 0 Å². The Balaban J connectivity index is 1.88. The second-order valence-corrected chi connectivity index (χ2v) is 8.40. The SMILES string of the molecule is CC(C)(CNS(=O)(=O)N1CCCCC1)N1CCCCC1. The summed E-state index contributed by atoms with van der Waals surface area (Å²) in [5.74, 6) is 0. The van der Waals surface area contributed by atoms with Crippen molar-refractivity contribution in [1.29, 1.82) is 0 Å². The molecule has 2 aliphatic heterocycles. The van der Waals surface area contributed by atoms with Gasteiger partial charge < -0.3 is 0 Å². The Morgan fingerprint density at radius 1 is 0.900 bits per heavy atom. The smallest absolute Gasteiger partial charge is 0.279 e. The summed E-state index contributed by atoms with van der Waals surface area (Å²) in [5, 5.41) is 0. The Morgan fingerprint density at radius 2 is 1.40 bits per heavy atom. The van der Waals surface area contributed by atoms with E-state index < -0.39 is 10.2 Å². The molecule has 5 nitrogen and oxygen atoms in total. The first-order valence-corrected chi connectivity index (χ1v) is 9.36. The molecule has 6 heteroatoms. The van der Waals surface area contributed by atoms with Crippen molar-refractivity contribution in [3.63, 3.8) is 0 Å². The monoisotopic (exact) mass is 303 g/mol. The first kappa shape index (κ1) is 16.2. The lowest BCUT2D eigenvalue weighted by Crippen LogP contribution is -2.55. The van der Waals surface area contributed by atoms with Crippen LogP contribution in [0.15, 0.2) is 0 Å². The van der Waals surface area contributed by atoms with Crippen LogP contribution in [0.2, 0.25) is 0 Å². The predicted octanol–water partition coefficient (Wildman–Crippen LogP) is 1.57. The highest BCUT2D eigenvalue weighted by Crippen LogP contribution is 2.20. The molecular weight excluding hydrogens is 274 g/mol. The molecule has 0 amide bonds. The third-order valence-corrected chi connectivity index (χ3v) is 6.11. The molecule has 0 radical (unpaired) electrons. The molecule has 2 fully saturated rings. The summed E-state index contributed by atoms with van der Waals surface area (Å²) >= 11 is 0. The minimum absolute atomic E-state index is 0.108. The van der Waals surface area contributed by atoms with E-state index in [9.17, 15) is 8.42 Å². The number of hydrogen-bond acceptors (Lipinski definition) is 3. The predicted molar refractivity (Wildman–Crippen MR) is 81.8 cm³/mol. The highest BCUT2D eigenvalue weighted by molar-refractivity contribution is 7.87. The molecule has 20 heavy (non-hydrogen) atoms. The summed E-state index contributed by atoms with van der Waals surface area (Å²) in [6.45, 7) is 8.26. The minimum atomic E-state index is -3.30. The molecule has 2 rings (SSSR count). The van der Waals surface area contributed by atoms with Gasteiger partial charge in [0.25, 0.3) is 10.2 Å². The lowest BCUT2D eigenvalue weighted by Gasteiger charge is -2.41. The lowest BCUT2D eigenvalue weighted by atomic mass is 9.99. The molecule has 1 N–H and O–H groups in total. The third-order valence-electron chi connectivity index (χ3n) is 4.55. The van der Waals surface area contributed by atoms with Gasteiger partial charge in [-0.15, -0.1) is 0 Å². The van der Waals surface area contributed by atoms with Gasteiger partial charge in [-0.05, 0) is 52.6 Å². The molecule has 0 aromatic heterocycles. The quantitative estimate of drug-likeness (QED) is 0.839. The zero-order valence-electron chi connectivity index (χ0n) is 12.9. The average molecular weight is 303 g/mol. The zero-order valence-corrected chi connectivity index (χ0v) is 13.7. The van der Waals surface area contributed by atoms with Crippen molar-refractivity contribution in [2.75, 3.05) is 32.7 Å². The van der Waals surface area contributed by atoms with Crippen LogP contribution >= 0.6 is 0 Å². The van der Waals surface area contributed by atoms with E-state index in [0.717, 1.165) is 32.4 Å². The molecule has 0 saturated carbocycles. The van der Waals surface area contributed by atoms with Gasteiger partial charge in [-0.3, -0.25) is 4.90 Å². The Kier molecular flexibility index (Phi) is 5.45. The number of likely N-dealkylation sites (tertiary alicyclic amines) is 1. The first-order chi connectivity index (χ1) is 9.42. The molecule has 0 unspecified atom stereocenters. The summed E-state index contributed by atoms with van der Waals surface area (Å²) in [5.41, 5.74) is -0.108. The van der Waals surface area contributed by atoms with Crippen molar-refractivity contribution < 1.29 is 8.42 Å². The highest BCUT2D eigenvalue weighted by atomic mass is 32.2. The summed E-state index contributed by atoms with van der Waals surface area (Å²) in [6, 6.07) is 0. The Labute approximate surface area is 123 Å². The Bertz CT molecular complexity index is 397. The van der Waals surface area contributed by atoms with E-state index in [2.05, 4.69) is 23.5 Å². The molecule has 2 aliphatic rings. The van der Waals surface area contributed by atoms with E-state index >= 15 is 0 Å². The molecule has 0 atom stereocenters. The molecule has 118 valence electrons. The number of rotatable bonds is 5. The Morgan fingerprint density at radius 3 is 1.95 bits per heavy atom. The summed E-state index contributed by atoms with van der Waals surface area (Å²) in [7, 11) is -3.30. The van der Waals surface area contributed by atoms with Gasteiger partial charge in [-0.1, -0.05) is 12.8 Å². The van der Waals surface area contributed by atoms with Crippen LogP contribution in [-0.4, -0.2) is 55.9 Å². The second kappa shape index (κ2) is 6.73. The molecule has 0 aliphatic carbocycles. The standard InChI is InChI=1S/C14H29N3O2S/c1-14(2,16-9-5-3-6-10-16)13-15-20(18,19)17-11-7-4-8-12-17/h15H,3-13H2,1-2H3. The van der Waals surface area contributed by atoms with E-state index in [1.54, 1.807) is 4.31 Å². The molecule has 0 spiro atoms. The van der Waals surface area contributed by atoms with E-state index in [4.69, 9.17) is 0 Å². The maximum absolute atomic E-state index is 12.3. The van der Waals surface area contributed by atoms with Crippen LogP contribution in [0.1, 0.15) is 52.4 Å². The second-order valence-electron chi connectivity index (χ2n) is 6.65. The van der Waals surface area contributed by atoms with Crippen LogP contribution in [0.3, 0.4) is 0 Å². The van der Waals surface area contributed by atoms with E-state index in [1.807, 2.05) is 0 Å². The van der Waals surface area contributed by atoms with Crippen molar-refractivity contribution in [2.45, 2.75) is 57.9 Å². The number of nitrogens with one attached hydrogen (secondary N) is 1. The normalized spacial score (nSPS) is 23.9. The topological polar surface area (TPSA) is 52.7 Å². The van der Waals surface area contributed by atoms with E-state index in [1.165, 1.54) is 19.3 Å².